The second-order valence-corrected chi connectivity index (χ2v) is 7.32. The standard InChI is InChI=1S/C24H17F4N3O2/c25-19-14-8-7-13-18(19)21(32)30-23(24(26,27)28)22(33)31(15-16-9-3-1-4-10-16)20(29-23)17-11-5-2-6-12-17/h1-14H,15H2,(H,30,32)/t23-/m0/s1. The quantitative estimate of drug-likeness (QED) is 0.583. The van der Waals surface area contributed by atoms with Crippen LogP contribution in [-0.4, -0.2) is 34.4 Å². The van der Waals surface area contributed by atoms with Crippen LogP contribution >= 0.6 is 0 Å². The Balaban J connectivity index is 1.82. The minimum absolute atomic E-state index is 0.208. The topological polar surface area (TPSA) is 61.8 Å². The van der Waals surface area contributed by atoms with Gasteiger partial charge in [0.05, 0.1) is 12.1 Å². The average molecular weight is 455 g/mol. The Hall–Kier alpha value is -4.01. The first-order chi connectivity index (χ1) is 15.7. The Labute approximate surface area is 186 Å². The van der Waals surface area contributed by atoms with Crippen LogP contribution in [-0.2, 0) is 11.3 Å². The molecule has 2 amide bonds. The molecule has 168 valence electrons. The summed E-state index contributed by atoms with van der Waals surface area (Å²) in [7, 11) is 0. The fraction of sp³-hybridized carbons (Fsp3) is 0.125. The number of nitrogens with zero attached hydrogens (tertiary/aromatic N) is 2. The van der Waals surface area contributed by atoms with Crippen LogP contribution in [0.25, 0.3) is 0 Å². The molecule has 3 aromatic carbocycles. The number of amidine groups is 1. The first kappa shape index (κ1) is 22.2. The molecule has 1 aliphatic heterocycles. The van der Waals surface area contributed by atoms with Crippen molar-refractivity contribution in [3.05, 3.63) is 107 Å². The van der Waals surface area contributed by atoms with Crippen molar-refractivity contribution in [3.8, 4) is 0 Å². The smallest absolute Gasteiger partial charge is 0.312 e. The molecular formula is C24H17F4N3O2. The molecule has 0 saturated heterocycles. The first-order valence-corrected chi connectivity index (χ1v) is 9.88. The number of aliphatic imine (C=N–C) groups is 1. The molecule has 1 N–H and O–H groups in total. The summed E-state index contributed by atoms with van der Waals surface area (Å²) in [5.74, 6) is -4.17. The molecule has 0 bridgehead atoms. The van der Waals surface area contributed by atoms with Crippen LogP contribution in [0.3, 0.4) is 0 Å². The van der Waals surface area contributed by atoms with Gasteiger partial charge in [-0.25, -0.2) is 9.38 Å². The molecule has 0 fully saturated rings. The van der Waals surface area contributed by atoms with Gasteiger partial charge >= 0.3 is 11.8 Å². The average Bonchev–Trinajstić information content (AvgIpc) is 3.08. The summed E-state index contributed by atoms with van der Waals surface area (Å²) < 4.78 is 57.2. The van der Waals surface area contributed by atoms with Gasteiger partial charge in [-0.15, -0.1) is 0 Å². The maximum atomic E-state index is 14.4. The van der Waals surface area contributed by atoms with E-state index in [4.69, 9.17) is 0 Å². The van der Waals surface area contributed by atoms with Gasteiger partial charge in [-0.3, -0.25) is 14.5 Å². The zero-order valence-electron chi connectivity index (χ0n) is 17.0. The lowest BCUT2D eigenvalue weighted by Gasteiger charge is -2.29. The zero-order valence-corrected chi connectivity index (χ0v) is 17.0. The number of nitrogens with one attached hydrogen (secondary N) is 1. The number of alkyl halides is 3. The van der Waals surface area contributed by atoms with Crippen LogP contribution in [0.15, 0.2) is 89.9 Å². The summed E-state index contributed by atoms with van der Waals surface area (Å²) >= 11 is 0. The molecule has 0 aromatic heterocycles. The van der Waals surface area contributed by atoms with E-state index in [1.807, 2.05) is 0 Å². The minimum Gasteiger partial charge on any atom is -0.312 e. The summed E-state index contributed by atoms with van der Waals surface area (Å²) in [6.45, 7) is -0.208. The van der Waals surface area contributed by atoms with E-state index in [-0.39, 0.29) is 17.9 Å². The number of benzene rings is 3. The van der Waals surface area contributed by atoms with Gasteiger partial charge in [-0.1, -0.05) is 72.8 Å². The highest BCUT2D eigenvalue weighted by atomic mass is 19.4. The zero-order chi connectivity index (χ0) is 23.6. The Morgan fingerprint density at radius 1 is 0.909 bits per heavy atom. The Bertz CT molecular complexity index is 1210. The minimum atomic E-state index is -5.30. The van der Waals surface area contributed by atoms with E-state index in [1.165, 1.54) is 24.3 Å². The van der Waals surface area contributed by atoms with Gasteiger partial charge in [0.2, 0.25) is 0 Å². The maximum Gasteiger partial charge on any atom is 0.442 e. The van der Waals surface area contributed by atoms with Crippen molar-refractivity contribution in [2.45, 2.75) is 18.4 Å². The molecule has 1 atom stereocenters. The highest BCUT2D eigenvalue weighted by Crippen LogP contribution is 2.39. The number of hydrogen-bond donors (Lipinski definition) is 1. The number of carbonyl (C=O) groups is 2. The molecule has 5 nitrogen and oxygen atoms in total. The second-order valence-electron chi connectivity index (χ2n) is 7.32. The predicted molar refractivity (Wildman–Crippen MR) is 113 cm³/mol. The van der Waals surface area contributed by atoms with Crippen molar-refractivity contribution >= 4 is 17.6 Å². The summed E-state index contributed by atoms with van der Waals surface area (Å²) in [5.41, 5.74) is -3.42. The molecule has 9 heteroatoms. The van der Waals surface area contributed by atoms with Crippen molar-refractivity contribution in [3.63, 3.8) is 0 Å². The Morgan fingerprint density at radius 3 is 2.09 bits per heavy atom. The van der Waals surface area contributed by atoms with Crippen molar-refractivity contribution in [2.75, 3.05) is 0 Å². The van der Waals surface area contributed by atoms with E-state index in [2.05, 4.69) is 4.99 Å². The normalized spacial score (nSPS) is 18.2. The van der Waals surface area contributed by atoms with E-state index >= 15 is 0 Å². The third kappa shape index (κ3) is 4.09. The van der Waals surface area contributed by atoms with Gasteiger partial charge in [0.1, 0.15) is 11.7 Å². The van der Waals surface area contributed by atoms with E-state index < -0.39 is 35.0 Å². The van der Waals surface area contributed by atoms with Crippen LogP contribution in [0.2, 0.25) is 0 Å². The first-order valence-electron chi connectivity index (χ1n) is 9.88. The highest BCUT2D eigenvalue weighted by molar-refractivity contribution is 6.16. The van der Waals surface area contributed by atoms with Crippen LogP contribution in [0.1, 0.15) is 21.5 Å². The lowest BCUT2D eigenvalue weighted by atomic mass is 10.1. The number of halogens is 4. The summed E-state index contributed by atoms with van der Waals surface area (Å²) in [4.78, 5) is 30.5. The van der Waals surface area contributed by atoms with Gasteiger partial charge in [0.25, 0.3) is 11.8 Å². The molecule has 0 spiro atoms. The highest BCUT2D eigenvalue weighted by Gasteiger charge is 2.67. The van der Waals surface area contributed by atoms with Gasteiger partial charge in [0, 0.05) is 5.56 Å². The summed E-state index contributed by atoms with van der Waals surface area (Å²) in [6.07, 6.45) is -5.30. The molecular weight excluding hydrogens is 438 g/mol. The van der Waals surface area contributed by atoms with Crippen LogP contribution in [0, 0.1) is 5.82 Å². The fourth-order valence-corrected chi connectivity index (χ4v) is 3.49. The predicted octanol–water partition coefficient (Wildman–Crippen LogP) is 4.30. The monoisotopic (exact) mass is 455 g/mol. The van der Waals surface area contributed by atoms with Gasteiger partial charge in [-0.05, 0) is 17.7 Å². The number of hydrogen-bond acceptors (Lipinski definition) is 3. The fourth-order valence-electron chi connectivity index (χ4n) is 3.49. The molecule has 0 aliphatic carbocycles. The lowest BCUT2D eigenvalue weighted by Crippen LogP contribution is -2.63. The Kier molecular flexibility index (Phi) is 5.71. The molecule has 0 radical (unpaired) electrons. The van der Waals surface area contributed by atoms with Crippen molar-refractivity contribution in [1.29, 1.82) is 0 Å². The van der Waals surface area contributed by atoms with E-state index in [9.17, 15) is 27.2 Å². The van der Waals surface area contributed by atoms with Gasteiger partial charge in [0.15, 0.2) is 0 Å². The molecule has 3 aromatic rings. The van der Waals surface area contributed by atoms with E-state index in [1.54, 1.807) is 53.8 Å². The van der Waals surface area contributed by atoms with Crippen LogP contribution in [0.4, 0.5) is 17.6 Å². The number of rotatable bonds is 5. The van der Waals surface area contributed by atoms with Crippen molar-refractivity contribution < 1.29 is 27.2 Å². The van der Waals surface area contributed by atoms with Gasteiger partial charge in [-0.2, -0.15) is 13.2 Å². The summed E-state index contributed by atoms with van der Waals surface area (Å²) in [5, 5.41) is 1.67. The van der Waals surface area contributed by atoms with Crippen LogP contribution in [0.5, 0.6) is 0 Å². The molecule has 33 heavy (non-hydrogen) atoms. The second kappa shape index (κ2) is 8.50. The van der Waals surface area contributed by atoms with E-state index in [0.717, 1.165) is 17.0 Å². The SMILES string of the molecule is O=C(N[C@@]1(C(F)(F)F)N=C(c2ccccc2)N(Cc2ccccc2)C1=O)c1ccccc1F. The third-order valence-corrected chi connectivity index (χ3v) is 5.12. The van der Waals surface area contributed by atoms with Crippen LogP contribution < -0.4 is 5.32 Å². The van der Waals surface area contributed by atoms with E-state index in [0.29, 0.717) is 5.56 Å². The molecule has 1 aliphatic rings. The van der Waals surface area contributed by atoms with Crippen molar-refractivity contribution in [2.24, 2.45) is 4.99 Å². The maximum absolute atomic E-state index is 14.4. The molecule has 4 rings (SSSR count). The van der Waals surface area contributed by atoms with Crippen molar-refractivity contribution in [1.82, 2.24) is 10.2 Å². The number of amides is 2. The van der Waals surface area contributed by atoms with Gasteiger partial charge < -0.3 is 5.32 Å². The Morgan fingerprint density at radius 2 is 1.48 bits per heavy atom. The molecule has 0 saturated carbocycles. The molecule has 0 unspecified atom stereocenters. The lowest BCUT2D eigenvalue weighted by molar-refractivity contribution is -0.196. The third-order valence-electron chi connectivity index (χ3n) is 5.12. The largest absolute Gasteiger partial charge is 0.442 e. The molecule has 1 heterocycles. The summed E-state index contributed by atoms with van der Waals surface area (Å²) in [6, 6.07) is 20.8. The number of carbonyl (C=O) groups excluding carboxylic acids is 2.